The van der Waals surface area contributed by atoms with Gasteiger partial charge in [0.2, 0.25) is 0 Å². The van der Waals surface area contributed by atoms with Crippen LogP contribution in [0.4, 0.5) is 11.4 Å². The summed E-state index contributed by atoms with van der Waals surface area (Å²) in [5, 5.41) is 0. The van der Waals surface area contributed by atoms with Crippen molar-refractivity contribution >= 4 is 22.8 Å². The van der Waals surface area contributed by atoms with E-state index in [0.717, 1.165) is 67.7 Å². The van der Waals surface area contributed by atoms with E-state index in [1.165, 1.54) is 119 Å². The van der Waals surface area contributed by atoms with Crippen LogP contribution in [-0.2, 0) is 42.2 Å². The molecular formula is C44H70N2Ni. The fraction of sp³-hybridized carbons (Fsp3) is 0.636. The van der Waals surface area contributed by atoms with E-state index >= 15 is 0 Å². The van der Waals surface area contributed by atoms with Gasteiger partial charge in [-0.05, 0) is 104 Å². The summed E-state index contributed by atoms with van der Waals surface area (Å²) in [7, 11) is 0. The molecule has 2 rings (SSSR count). The van der Waals surface area contributed by atoms with E-state index in [1.807, 2.05) is 0 Å². The monoisotopic (exact) mass is 684 g/mol. The van der Waals surface area contributed by atoms with Gasteiger partial charge in [0, 0.05) is 16.5 Å². The maximum atomic E-state index is 5.35. The Morgan fingerprint density at radius 1 is 0.468 bits per heavy atom. The zero-order chi connectivity index (χ0) is 33.2. The Morgan fingerprint density at radius 3 is 1.28 bits per heavy atom. The quantitative estimate of drug-likeness (QED) is 0.0535. The van der Waals surface area contributed by atoms with Crippen LogP contribution in [0, 0.1) is 0 Å². The molecule has 0 unspecified atom stereocenters. The smallest absolute Gasteiger partial charge is 0.0848 e. The van der Waals surface area contributed by atoms with Gasteiger partial charge in [-0.15, -0.1) is 0 Å². The van der Waals surface area contributed by atoms with E-state index in [-0.39, 0.29) is 16.5 Å². The third-order valence-corrected chi connectivity index (χ3v) is 9.28. The number of allylic oxidation sites excluding steroid dienone is 2. The van der Waals surface area contributed by atoms with Crippen molar-refractivity contribution in [1.29, 1.82) is 0 Å². The molecule has 2 aromatic carbocycles. The van der Waals surface area contributed by atoms with Crippen LogP contribution in [0.2, 0.25) is 0 Å². The molecule has 0 radical (unpaired) electrons. The van der Waals surface area contributed by atoms with Gasteiger partial charge in [0.1, 0.15) is 0 Å². The van der Waals surface area contributed by atoms with Crippen LogP contribution in [0.15, 0.2) is 58.5 Å². The SMILES string of the molecule is CCCCCCCCCCCCCCC/C=C/C(=Nc1cc(CC)cc(CC)c1)C(CCCCC)=Nc1cc(CC)cc(CC)c1.[Ni]. The Labute approximate surface area is 301 Å². The molecule has 0 aliphatic heterocycles. The van der Waals surface area contributed by atoms with Crippen LogP contribution >= 0.6 is 0 Å². The third-order valence-electron chi connectivity index (χ3n) is 9.28. The summed E-state index contributed by atoms with van der Waals surface area (Å²) < 4.78 is 0. The first-order valence-corrected chi connectivity index (χ1v) is 19.6. The minimum absolute atomic E-state index is 0. The van der Waals surface area contributed by atoms with Crippen molar-refractivity contribution < 1.29 is 16.5 Å². The Balaban J connectivity index is 0.0000110. The number of aliphatic imine (C=N–C) groups is 2. The molecule has 266 valence electrons. The molecule has 0 fully saturated rings. The minimum atomic E-state index is 0. The van der Waals surface area contributed by atoms with Crippen molar-refractivity contribution in [1.82, 2.24) is 0 Å². The zero-order valence-corrected chi connectivity index (χ0v) is 32.4. The largest absolute Gasteiger partial charge is 0.251 e. The number of nitrogens with zero attached hydrogens (tertiary/aromatic N) is 2. The van der Waals surface area contributed by atoms with Crippen LogP contribution in [0.1, 0.15) is 179 Å². The zero-order valence-electron chi connectivity index (χ0n) is 31.4. The van der Waals surface area contributed by atoms with Crippen LogP contribution < -0.4 is 0 Å². The maximum Gasteiger partial charge on any atom is 0.0848 e. The van der Waals surface area contributed by atoms with Gasteiger partial charge in [-0.25, -0.2) is 4.99 Å². The van der Waals surface area contributed by atoms with Crippen molar-refractivity contribution in [3.8, 4) is 0 Å². The summed E-state index contributed by atoms with van der Waals surface area (Å²) in [4.78, 5) is 10.7. The maximum absolute atomic E-state index is 5.35. The predicted octanol–water partition coefficient (Wildman–Crippen LogP) is 14.4. The van der Waals surface area contributed by atoms with Gasteiger partial charge in [0.25, 0.3) is 0 Å². The van der Waals surface area contributed by atoms with Gasteiger partial charge in [-0.2, -0.15) is 0 Å². The third kappa shape index (κ3) is 19.0. The molecule has 2 aromatic rings. The molecule has 0 amide bonds. The summed E-state index contributed by atoms with van der Waals surface area (Å²) >= 11 is 0. The van der Waals surface area contributed by atoms with E-state index in [2.05, 4.69) is 90.1 Å². The second-order valence-electron chi connectivity index (χ2n) is 13.4. The topological polar surface area (TPSA) is 24.7 Å². The number of unbranched alkanes of at least 4 members (excludes halogenated alkanes) is 15. The fourth-order valence-electron chi connectivity index (χ4n) is 6.18. The number of benzene rings is 2. The average Bonchev–Trinajstić information content (AvgIpc) is 3.08. The Bertz CT molecular complexity index is 1130. The number of rotatable bonds is 26. The molecule has 0 aliphatic rings. The molecular weight excluding hydrogens is 615 g/mol. The second kappa shape index (κ2) is 27.9. The van der Waals surface area contributed by atoms with E-state index in [1.54, 1.807) is 0 Å². The summed E-state index contributed by atoms with van der Waals surface area (Å²) in [6.45, 7) is 13.5. The van der Waals surface area contributed by atoms with Gasteiger partial charge in [-0.1, -0.05) is 150 Å². The van der Waals surface area contributed by atoms with Gasteiger partial charge < -0.3 is 0 Å². The Morgan fingerprint density at radius 2 is 0.851 bits per heavy atom. The second-order valence-corrected chi connectivity index (χ2v) is 13.4. The molecule has 0 bridgehead atoms. The van der Waals surface area contributed by atoms with Crippen LogP contribution in [0.5, 0.6) is 0 Å². The van der Waals surface area contributed by atoms with Gasteiger partial charge in [0.05, 0.1) is 22.8 Å². The Hall–Kier alpha value is -1.99. The molecule has 0 saturated carbocycles. The van der Waals surface area contributed by atoms with Crippen LogP contribution in [0.3, 0.4) is 0 Å². The summed E-state index contributed by atoms with van der Waals surface area (Å²) in [6.07, 6.45) is 32.6. The summed E-state index contributed by atoms with van der Waals surface area (Å²) in [5.41, 5.74) is 9.78. The summed E-state index contributed by atoms with van der Waals surface area (Å²) in [5.74, 6) is 0. The first-order chi connectivity index (χ1) is 22.6. The number of aryl methyl sites for hydroxylation is 4. The molecule has 0 heterocycles. The molecule has 2 nitrogen and oxygen atoms in total. The molecule has 0 saturated heterocycles. The normalized spacial score (nSPS) is 12.2. The van der Waals surface area contributed by atoms with E-state index < -0.39 is 0 Å². The molecule has 47 heavy (non-hydrogen) atoms. The van der Waals surface area contributed by atoms with Crippen molar-refractivity contribution in [2.75, 3.05) is 0 Å². The standard InChI is InChI=1S/C44H70N2.Ni/c1-7-13-15-16-17-18-19-20-21-22-23-24-25-26-28-30-44(46-42-35-39(11-5)32-40(12-6)36-42)43(29-27-14-8-2)45-41-33-37(9-3)31-38(10-4)34-41;/h28,30-36H,7-27,29H2,1-6H3;/b30-28+,45-43?,46-44?;. The van der Waals surface area contributed by atoms with Gasteiger partial charge in [0.15, 0.2) is 0 Å². The Kier molecular flexibility index (Phi) is 25.6. The molecule has 0 aliphatic carbocycles. The van der Waals surface area contributed by atoms with Crippen molar-refractivity contribution in [3.05, 3.63) is 70.8 Å². The summed E-state index contributed by atoms with van der Waals surface area (Å²) in [6, 6.07) is 13.8. The van der Waals surface area contributed by atoms with E-state index in [0.29, 0.717) is 0 Å². The van der Waals surface area contributed by atoms with Gasteiger partial charge >= 0.3 is 0 Å². The first kappa shape index (κ1) is 43.0. The molecule has 0 spiro atoms. The van der Waals surface area contributed by atoms with Crippen LogP contribution in [0.25, 0.3) is 0 Å². The molecule has 0 N–H and O–H groups in total. The van der Waals surface area contributed by atoms with Crippen molar-refractivity contribution in [2.24, 2.45) is 9.98 Å². The van der Waals surface area contributed by atoms with Crippen LogP contribution in [-0.4, -0.2) is 11.4 Å². The van der Waals surface area contributed by atoms with Crippen molar-refractivity contribution in [3.63, 3.8) is 0 Å². The first-order valence-electron chi connectivity index (χ1n) is 19.6. The molecule has 0 aromatic heterocycles. The average molecular weight is 686 g/mol. The minimum Gasteiger partial charge on any atom is -0.251 e. The predicted molar refractivity (Wildman–Crippen MR) is 208 cm³/mol. The molecule has 0 atom stereocenters. The van der Waals surface area contributed by atoms with Gasteiger partial charge in [-0.3, -0.25) is 4.99 Å². The molecule has 3 heteroatoms. The van der Waals surface area contributed by atoms with E-state index in [9.17, 15) is 0 Å². The van der Waals surface area contributed by atoms with Crippen molar-refractivity contribution in [2.45, 2.75) is 183 Å². The number of hydrogen-bond acceptors (Lipinski definition) is 2. The van der Waals surface area contributed by atoms with E-state index in [4.69, 9.17) is 9.98 Å². The number of hydrogen-bond donors (Lipinski definition) is 0. The fourth-order valence-corrected chi connectivity index (χ4v) is 6.18.